The van der Waals surface area contributed by atoms with Crippen LogP contribution in [0.1, 0.15) is 0 Å². The number of ether oxygens (including phenoxy) is 1. The summed E-state index contributed by atoms with van der Waals surface area (Å²) in [5, 5.41) is 4.00. The molecule has 0 amide bonds. The molecule has 0 unspecified atom stereocenters. The standard InChI is InChI=1S/C9H11N5O/c1-2-14-9(10-7-11-14)12-8(1)13-3-5-15-6-4-13/h1-2,7H,3-6H2. The minimum atomic E-state index is 0.638. The van der Waals surface area contributed by atoms with Crippen LogP contribution < -0.4 is 4.90 Å². The molecule has 1 fully saturated rings. The summed E-state index contributed by atoms with van der Waals surface area (Å²) in [6.07, 6.45) is 3.38. The fraction of sp³-hybridized carbons (Fsp3) is 0.444. The molecule has 0 N–H and O–H groups in total. The van der Waals surface area contributed by atoms with Crippen LogP contribution in [0, 0.1) is 0 Å². The Balaban J connectivity index is 1.95. The minimum absolute atomic E-state index is 0.638. The number of anilines is 1. The second kappa shape index (κ2) is 3.47. The van der Waals surface area contributed by atoms with Gasteiger partial charge in [-0.2, -0.15) is 15.1 Å². The fourth-order valence-corrected chi connectivity index (χ4v) is 1.67. The van der Waals surface area contributed by atoms with Gasteiger partial charge in [0.2, 0.25) is 0 Å². The summed E-state index contributed by atoms with van der Waals surface area (Å²) in [5.41, 5.74) is 0. The summed E-state index contributed by atoms with van der Waals surface area (Å²) >= 11 is 0. The fourth-order valence-electron chi connectivity index (χ4n) is 1.67. The van der Waals surface area contributed by atoms with Crippen molar-refractivity contribution in [2.45, 2.75) is 0 Å². The molecule has 0 aromatic carbocycles. The maximum absolute atomic E-state index is 5.29. The van der Waals surface area contributed by atoms with Gasteiger partial charge in [0, 0.05) is 19.3 Å². The quantitative estimate of drug-likeness (QED) is 0.654. The Kier molecular flexibility index (Phi) is 1.99. The molecule has 78 valence electrons. The number of rotatable bonds is 1. The van der Waals surface area contributed by atoms with Crippen molar-refractivity contribution in [1.82, 2.24) is 19.6 Å². The van der Waals surface area contributed by atoms with Gasteiger partial charge in [0.1, 0.15) is 12.1 Å². The van der Waals surface area contributed by atoms with Crippen LogP contribution in [0.15, 0.2) is 18.6 Å². The van der Waals surface area contributed by atoms with Crippen molar-refractivity contribution in [2.24, 2.45) is 0 Å². The Labute approximate surface area is 86.5 Å². The monoisotopic (exact) mass is 205 g/mol. The van der Waals surface area contributed by atoms with Gasteiger partial charge in [-0.05, 0) is 6.07 Å². The molecular weight excluding hydrogens is 194 g/mol. The van der Waals surface area contributed by atoms with E-state index in [0.29, 0.717) is 5.78 Å². The van der Waals surface area contributed by atoms with E-state index in [2.05, 4.69) is 20.0 Å². The van der Waals surface area contributed by atoms with E-state index in [9.17, 15) is 0 Å². The Morgan fingerprint density at radius 2 is 2.13 bits per heavy atom. The maximum atomic E-state index is 5.29. The number of hydrogen-bond acceptors (Lipinski definition) is 5. The van der Waals surface area contributed by atoms with Crippen LogP contribution in [0.25, 0.3) is 5.78 Å². The second-order valence-electron chi connectivity index (χ2n) is 3.39. The largest absolute Gasteiger partial charge is 0.378 e. The first-order valence-electron chi connectivity index (χ1n) is 4.92. The van der Waals surface area contributed by atoms with E-state index in [-0.39, 0.29) is 0 Å². The molecule has 0 radical (unpaired) electrons. The molecule has 15 heavy (non-hydrogen) atoms. The average Bonchev–Trinajstić information content (AvgIpc) is 2.77. The third-order valence-corrected chi connectivity index (χ3v) is 2.47. The summed E-state index contributed by atoms with van der Waals surface area (Å²) in [6, 6.07) is 1.95. The van der Waals surface area contributed by atoms with Crippen molar-refractivity contribution < 1.29 is 4.74 Å². The van der Waals surface area contributed by atoms with E-state index in [0.717, 1.165) is 32.1 Å². The van der Waals surface area contributed by atoms with Gasteiger partial charge in [0.15, 0.2) is 0 Å². The first-order chi connectivity index (χ1) is 7.43. The molecule has 0 spiro atoms. The van der Waals surface area contributed by atoms with Crippen LogP contribution in [0.4, 0.5) is 5.82 Å². The molecular formula is C9H11N5O. The SMILES string of the molecule is c1nc2nc(N3CCOCC3)ccn2n1. The zero-order valence-electron chi connectivity index (χ0n) is 8.20. The van der Waals surface area contributed by atoms with Gasteiger partial charge in [0.25, 0.3) is 5.78 Å². The molecule has 1 aliphatic heterocycles. The van der Waals surface area contributed by atoms with Crippen molar-refractivity contribution in [2.75, 3.05) is 31.2 Å². The van der Waals surface area contributed by atoms with Gasteiger partial charge >= 0.3 is 0 Å². The molecule has 0 saturated carbocycles. The predicted molar refractivity (Wildman–Crippen MR) is 53.8 cm³/mol. The molecule has 3 heterocycles. The lowest BCUT2D eigenvalue weighted by atomic mass is 10.4. The van der Waals surface area contributed by atoms with Crippen LogP contribution in [-0.2, 0) is 4.74 Å². The Bertz CT molecular complexity index is 462. The highest BCUT2D eigenvalue weighted by Crippen LogP contribution is 2.12. The predicted octanol–water partition coefficient (Wildman–Crippen LogP) is -0.0391. The van der Waals surface area contributed by atoms with Gasteiger partial charge in [-0.15, -0.1) is 0 Å². The van der Waals surface area contributed by atoms with Crippen molar-refractivity contribution >= 4 is 11.6 Å². The molecule has 0 bridgehead atoms. The number of nitrogens with zero attached hydrogens (tertiary/aromatic N) is 5. The molecule has 0 atom stereocenters. The van der Waals surface area contributed by atoms with Crippen LogP contribution in [0.5, 0.6) is 0 Å². The summed E-state index contributed by atoms with van der Waals surface area (Å²) in [5.74, 6) is 1.58. The Morgan fingerprint density at radius 1 is 1.27 bits per heavy atom. The van der Waals surface area contributed by atoms with Crippen LogP contribution in [0.3, 0.4) is 0 Å². The topological polar surface area (TPSA) is 55.5 Å². The highest BCUT2D eigenvalue weighted by molar-refractivity contribution is 5.43. The van der Waals surface area contributed by atoms with Gasteiger partial charge in [-0.25, -0.2) is 4.52 Å². The molecule has 2 aromatic heterocycles. The molecule has 1 saturated heterocycles. The number of aromatic nitrogens is 4. The van der Waals surface area contributed by atoms with Crippen molar-refractivity contribution in [3.05, 3.63) is 18.6 Å². The van der Waals surface area contributed by atoms with E-state index < -0.39 is 0 Å². The van der Waals surface area contributed by atoms with Crippen molar-refractivity contribution in [3.63, 3.8) is 0 Å². The normalized spacial score (nSPS) is 17.2. The Morgan fingerprint density at radius 3 is 3.00 bits per heavy atom. The smallest absolute Gasteiger partial charge is 0.254 e. The molecule has 0 aliphatic carbocycles. The van der Waals surface area contributed by atoms with Gasteiger partial charge in [-0.3, -0.25) is 0 Å². The van der Waals surface area contributed by atoms with E-state index >= 15 is 0 Å². The highest BCUT2D eigenvalue weighted by atomic mass is 16.5. The first kappa shape index (κ1) is 8.60. The minimum Gasteiger partial charge on any atom is -0.378 e. The molecule has 1 aliphatic rings. The Hall–Kier alpha value is -1.69. The van der Waals surface area contributed by atoms with Crippen LogP contribution in [0.2, 0.25) is 0 Å². The summed E-state index contributed by atoms with van der Waals surface area (Å²) in [7, 11) is 0. The summed E-state index contributed by atoms with van der Waals surface area (Å²) in [6.45, 7) is 3.30. The van der Waals surface area contributed by atoms with E-state index in [1.807, 2.05) is 12.3 Å². The summed E-state index contributed by atoms with van der Waals surface area (Å²) < 4.78 is 6.95. The molecule has 3 rings (SSSR count). The number of morpholine rings is 1. The van der Waals surface area contributed by atoms with Crippen molar-refractivity contribution in [3.8, 4) is 0 Å². The third-order valence-electron chi connectivity index (χ3n) is 2.47. The van der Waals surface area contributed by atoms with Crippen molar-refractivity contribution in [1.29, 1.82) is 0 Å². The lowest BCUT2D eigenvalue weighted by Crippen LogP contribution is -2.36. The molecule has 6 heteroatoms. The first-order valence-corrected chi connectivity index (χ1v) is 4.92. The van der Waals surface area contributed by atoms with E-state index in [1.165, 1.54) is 6.33 Å². The lowest BCUT2D eigenvalue weighted by Gasteiger charge is -2.27. The van der Waals surface area contributed by atoms with Gasteiger partial charge in [0.05, 0.1) is 13.2 Å². The molecule has 2 aromatic rings. The van der Waals surface area contributed by atoms with E-state index in [4.69, 9.17) is 4.74 Å². The van der Waals surface area contributed by atoms with E-state index in [1.54, 1.807) is 4.52 Å². The maximum Gasteiger partial charge on any atom is 0.254 e. The van der Waals surface area contributed by atoms with Crippen LogP contribution in [-0.4, -0.2) is 45.9 Å². The second-order valence-corrected chi connectivity index (χ2v) is 3.39. The van der Waals surface area contributed by atoms with Gasteiger partial charge in [-0.1, -0.05) is 0 Å². The molecule has 6 nitrogen and oxygen atoms in total. The summed E-state index contributed by atoms with van der Waals surface area (Å²) in [4.78, 5) is 10.7. The highest BCUT2D eigenvalue weighted by Gasteiger charge is 2.12. The van der Waals surface area contributed by atoms with Crippen LogP contribution >= 0.6 is 0 Å². The average molecular weight is 205 g/mol. The third kappa shape index (κ3) is 1.52. The lowest BCUT2D eigenvalue weighted by molar-refractivity contribution is 0.122. The van der Waals surface area contributed by atoms with Gasteiger partial charge < -0.3 is 9.64 Å². The zero-order chi connectivity index (χ0) is 10.1. The zero-order valence-corrected chi connectivity index (χ0v) is 8.20. The number of fused-ring (bicyclic) bond motifs is 1. The number of hydrogen-bond donors (Lipinski definition) is 0.